The molecule has 1 aromatic carbocycles. The highest BCUT2D eigenvalue weighted by molar-refractivity contribution is 8.26. The third-order valence-electron chi connectivity index (χ3n) is 6.11. The minimum absolute atomic E-state index is 0.213. The van der Waals surface area contributed by atoms with Crippen LogP contribution in [0.5, 0.6) is 5.75 Å². The van der Waals surface area contributed by atoms with Gasteiger partial charge in [0.2, 0.25) is 0 Å². The summed E-state index contributed by atoms with van der Waals surface area (Å²) in [4.78, 5) is 33.3. The summed E-state index contributed by atoms with van der Waals surface area (Å²) in [6, 6.07) is 13.2. The highest BCUT2D eigenvalue weighted by atomic mass is 32.2. The van der Waals surface area contributed by atoms with Crippen LogP contribution in [0, 0.1) is 0 Å². The second-order valence-corrected chi connectivity index (χ2v) is 10.0. The Morgan fingerprint density at radius 1 is 1.18 bits per heavy atom. The normalized spacial score (nSPS) is 17.8. The molecule has 2 aromatic heterocycles. The molecule has 1 aliphatic heterocycles. The molecule has 1 saturated carbocycles. The Labute approximate surface area is 206 Å². The van der Waals surface area contributed by atoms with Gasteiger partial charge in [0, 0.05) is 12.2 Å². The highest BCUT2D eigenvalue weighted by Crippen LogP contribution is 2.34. The van der Waals surface area contributed by atoms with Gasteiger partial charge in [0.25, 0.3) is 11.5 Å². The van der Waals surface area contributed by atoms with Crippen molar-refractivity contribution in [3.05, 3.63) is 75.0 Å². The average Bonchev–Trinajstić information content (AvgIpc) is 3.45. The van der Waals surface area contributed by atoms with Crippen LogP contribution in [-0.4, -0.2) is 37.7 Å². The molecule has 3 aromatic rings. The van der Waals surface area contributed by atoms with Crippen molar-refractivity contribution >= 4 is 51.7 Å². The van der Waals surface area contributed by atoms with Crippen LogP contribution in [0.3, 0.4) is 0 Å². The van der Waals surface area contributed by atoms with Crippen LogP contribution in [0.2, 0.25) is 0 Å². The minimum Gasteiger partial charge on any atom is -0.497 e. The Morgan fingerprint density at radius 2 is 1.94 bits per heavy atom. The molecule has 2 aliphatic rings. The first-order valence-corrected chi connectivity index (χ1v) is 12.4. The van der Waals surface area contributed by atoms with Gasteiger partial charge in [-0.2, -0.15) is 0 Å². The molecule has 3 heterocycles. The summed E-state index contributed by atoms with van der Waals surface area (Å²) >= 11 is 6.71. The standard InChI is InChI=1S/C25H24N4O3S2/c1-32-18-11-9-16(10-12-18)15-29-24(31)20(34-25(29)33)14-19-22(26-17-6-2-3-7-17)27-21-8-4-5-13-28(21)23(19)30/h4-5,8-14,17,26H,2-3,6-7,15H2,1H3/b20-14-. The number of amides is 1. The van der Waals surface area contributed by atoms with Crippen LogP contribution in [0.25, 0.3) is 11.7 Å². The number of pyridine rings is 1. The van der Waals surface area contributed by atoms with Crippen LogP contribution in [0.15, 0.2) is 58.4 Å². The Kier molecular flexibility index (Phi) is 6.38. The molecule has 0 unspecified atom stereocenters. The van der Waals surface area contributed by atoms with Gasteiger partial charge in [-0.25, -0.2) is 4.98 Å². The summed E-state index contributed by atoms with van der Waals surface area (Å²) < 4.78 is 7.17. The first-order valence-electron chi connectivity index (χ1n) is 11.2. The Balaban J connectivity index is 1.49. The van der Waals surface area contributed by atoms with Crippen molar-refractivity contribution in [3.63, 3.8) is 0 Å². The molecule has 0 bridgehead atoms. The van der Waals surface area contributed by atoms with Gasteiger partial charge in [-0.3, -0.25) is 18.9 Å². The smallest absolute Gasteiger partial charge is 0.267 e. The van der Waals surface area contributed by atoms with E-state index in [-0.39, 0.29) is 17.5 Å². The summed E-state index contributed by atoms with van der Waals surface area (Å²) in [5.41, 5.74) is 1.67. The molecular formula is C25H24N4O3S2. The lowest BCUT2D eigenvalue weighted by molar-refractivity contribution is -0.122. The van der Waals surface area contributed by atoms with E-state index in [0.717, 1.165) is 37.0 Å². The lowest BCUT2D eigenvalue weighted by Gasteiger charge is -2.16. The molecule has 2 fully saturated rings. The fourth-order valence-electron chi connectivity index (χ4n) is 4.29. The zero-order chi connectivity index (χ0) is 23.7. The molecule has 0 spiro atoms. The third kappa shape index (κ3) is 4.45. The Hall–Kier alpha value is -3.17. The van der Waals surface area contributed by atoms with Crippen molar-refractivity contribution in [1.82, 2.24) is 14.3 Å². The van der Waals surface area contributed by atoms with Crippen LogP contribution in [0.1, 0.15) is 36.8 Å². The largest absolute Gasteiger partial charge is 0.497 e. The van der Waals surface area contributed by atoms with Gasteiger partial charge in [-0.1, -0.05) is 55.0 Å². The van der Waals surface area contributed by atoms with Gasteiger partial charge in [0.05, 0.1) is 24.1 Å². The van der Waals surface area contributed by atoms with Crippen LogP contribution in [-0.2, 0) is 11.3 Å². The number of thioether (sulfide) groups is 1. The number of thiocarbonyl (C=S) groups is 1. The molecule has 7 nitrogen and oxygen atoms in total. The lowest BCUT2D eigenvalue weighted by atomic mass is 10.2. The van der Waals surface area contributed by atoms with Gasteiger partial charge in [-0.15, -0.1) is 0 Å². The molecule has 9 heteroatoms. The first-order chi connectivity index (χ1) is 16.5. The van der Waals surface area contributed by atoms with E-state index >= 15 is 0 Å². The number of hydrogen-bond acceptors (Lipinski definition) is 7. The quantitative estimate of drug-likeness (QED) is 0.402. The van der Waals surface area contributed by atoms with Crippen molar-refractivity contribution in [2.45, 2.75) is 38.3 Å². The zero-order valence-corrected chi connectivity index (χ0v) is 20.3. The van der Waals surface area contributed by atoms with E-state index in [2.05, 4.69) is 5.32 Å². The van der Waals surface area contributed by atoms with E-state index in [4.69, 9.17) is 21.9 Å². The molecule has 1 saturated heterocycles. The van der Waals surface area contributed by atoms with E-state index in [1.54, 1.807) is 36.4 Å². The Morgan fingerprint density at radius 3 is 2.68 bits per heavy atom. The summed E-state index contributed by atoms with van der Waals surface area (Å²) in [5, 5.41) is 3.46. The molecule has 1 aliphatic carbocycles. The van der Waals surface area contributed by atoms with E-state index in [9.17, 15) is 9.59 Å². The van der Waals surface area contributed by atoms with Crippen molar-refractivity contribution in [2.24, 2.45) is 0 Å². The maximum Gasteiger partial charge on any atom is 0.267 e. The molecule has 0 atom stereocenters. The molecule has 174 valence electrons. The number of nitrogens with zero attached hydrogens (tertiary/aromatic N) is 3. The lowest BCUT2D eigenvalue weighted by Crippen LogP contribution is -2.27. The highest BCUT2D eigenvalue weighted by Gasteiger charge is 2.33. The first kappa shape index (κ1) is 22.6. The maximum absolute atomic E-state index is 13.4. The topological polar surface area (TPSA) is 75.9 Å². The number of benzene rings is 1. The number of fused-ring (bicyclic) bond motifs is 1. The number of anilines is 1. The number of carbonyl (C=O) groups excluding carboxylic acids is 1. The monoisotopic (exact) mass is 492 g/mol. The van der Waals surface area contributed by atoms with Gasteiger partial charge in [0.15, 0.2) is 0 Å². The number of aromatic nitrogens is 2. The second-order valence-electron chi connectivity index (χ2n) is 8.35. The van der Waals surface area contributed by atoms with Gasteiger partial charge in [0.1, 0.15) is 21.5 Å². The van der Waals surface area contributed by atoms with Gasteiger partial charge >= 0.3 is 0 Å². The van der Waals surface area contributed by atoms with E-state index in [1.165, 1.54) is 16.2 Å². The van der Waals surface area contributed by atoms with Crippen LogP contribution in [0.4, 0.5) is 5.82 Å². The molecule has 0 radical (unpaired) electrons. The summed E-state index contributed by atoms with van der Waals surface area (Å²) in [6.45, 7) is 0.355. The van der Waals surface area contributed by atoms with Crippen molar-refractivity contribution in [1.29, 1.82) is 0 Å². The second kappa shape index (κ2) is 9.60. The number of rotatable bonds is 6. The van der Waals surface area contributed by atoms with E-state index in [1.807, 2.05) is 30.3 Å². The van der Waals surface area contributed by atoms with Crippen molar-refractivity contribution in [3.8, 4) is 5.75 Å². The fourth-order valence-corrected chi connectivity index (χ4v) is 5.52. The predicted octanol–water partition coefficient (Wildman–Crippen LogP) is 4.46. The molecule has 1 N–H and O–H groups in total. The molecule has 5 rings (SSSR count). The number of ether oxygens (including phenoxy) is 1. The fraction of sp³-hybridized carbons (Fsp3) is 0.280. The SMILES string of the molecule is COc1ccc(CN2C(=O)/C(=C/c3c(NC4CCCC4)nc4ccccn4c3=O)SC2=S)cc1. The number of carbonyl (C=O) groups is 1. The van der Waals surface area contributed by atoms with Crippen molar-refractivity contribution in [2.75, 3.05) is 12.4 Å². The minimum atomic E-state index is -0.216. The predicted molar refractivity (Wildman–Crippen MR) is 139 cm³/mol. The summed E-state index contributed by atoms with van der Waals surface area (Å²) in [6.07, 6.45) is 7.72. The number of hydrogen-bond donors (Lipinski definition) is 1. The number of methoxy groups -OCH3 is 1. The maximum atomic E-state index is 13.4. The molecular weight excluding hydrogens is 468 g/mol. The Bertz CT molecular complexity index is 1340. The van der Waals surface area contributed by atoms with Crippen molar-refractivity contribution < 1.29 is 9.53 Å². The van der Waals surface area contributed by atoms with Crippen LogP contribution >= 0.6 is 24.0 Å². The van der Waals surface area contributed by atoms with Crippen LogP contribution < -0.4 is 15.6 Å². The summed E-state index contributed by atoms with van der Waals surface area (Å²) in [5.74, 6) is 1.05. The number of nitrogens with one attached hydrogen (secondary N) is 1. The van der Waals surface area contributed by atoms with E-state index < -0.39 is 0 Å². The third-order valence-corrected chi connectivity index (χ3v) is 7.49. The van der Waals surface area contributed by atoms with E-state index in [0.29, 0.717) is 32.8 Å². The molecule has 1 amide bonds. The van der Waals surface area contributed by atoms with Gasteiger partial charge in [-0.05, 0) is 48.7 Å². The summed E-state index contributed by atoms with van der Waals surface area (Å²) in [7, 11) is 1.61. The average molecular weight is 493 g/mol. The van der Waals surface area contributed by atoms with Gasteiger partial charge < -0.3 is 10.1 Å². The zero-order valence-electron chi connectivity index (χ0n) is 18.7. The molecule has 34 heavy (non-hydrogen) atoms.